The molecule has 0 bridgehead atoms. The summed E-state index contributed by atoms with van der Waals surface area (Å²) in [5.41, 5.74) is 4.01. The Bertz CT molecular complexity index is 1280. The topological polar surface area (TPSA) is 56.3 Å². The summed E-state index contributed by atoms with van der Waals surface area (Å²) in [5, 5.41) is 3.17. The van der Waals surface area contributed by atoms with Gasteiger partial charge < -0.3 is 4.74 Å². The van der Waals surface area contributed by atoms with Crippen LogP contribution >= 0.6 is 22.9 Å². The lowest BCUT2D eigenvalue weighted by Crippen LogP contribution is -2.24. The van der Waals surface area contributed by atoms with Gasteiger partial charge in [0.05, 0.1) is 21.7 Å². The van der Waals surface area contributed by atoms with Gasteiger partial charge in [-0.25, -0.2) is 9.78 Å². The fourth-order valence-corrected chi connectivity index (χ4v) is 4.19. The van der Waals surface area contributed by atoms with Crippen molar-refractivity contribution in [2.24, 2.45) is 0 Å². The first-order valence-electron chi connectivity index (χ1n) is 9.80. The van der Waals surface area contributed by atoms with Gasteiger partial charge in [0, 0.05) is 16.0 Å². The predicted molar refractivity (Wildman–Crippen MR) is 125 cm³/mol. The number of pyridine rings is 1. The average molecular weight is 450 g/mol. The van der Waals surface area contributed by atoms with E-state index in [1.54, 1.807) is 37.3 Å². The number of esters is 1. The maximum absolute atomic E-state index is 13.1. The summed E-state index contributed by atoms with van der Waals surface area (Å²) in [6, 6.07) is 16.3. The van der Waals surface area contributed by atoms with Crippen molar-refractivity contribution in [3.63, 3.8) is 0 Å². The second-order valence-electron chi connectivity index (χ2n) is 7.38. The van der Waals surface area contributed by atoms with Gasteiger partial charge in [-0.3, -0.25) is 4.79 Å². The zero-order chi connectivity index (χ0) is 22.1. The molecule has 2 aromatic heterocycles. The van der Waals surface area contributed by atoms with Crippen LogP contribution in [0, 0.1) is 13.8 Å². The molecule has 4 rings (SSSR count). The second-order valence-corrected chi connectivity index (χ2v) is 8.73. The molecule has 0 spiro atoms. The third-order valence-electron chi connectivity index (χ3n) is 5.15. The number of halogens is 1. The Morgan fingerprint density at radius 1 is 1.06 bits per heavy atom. The zero-order valence-corrected chi connectivity index (χ0v) is 18.9. The van der Waals surface area contributed by atoms with E-state index in [0.29, 0.717) is 32.7 Å². The third kappa shape index (κ3) is 4.24. The van der Waals surface area contributed by atoms with Crippen LogP contribution in [0.2, 0.25) is 5.02 Å². The number of ether oxygens (including phenoxy) is 1. The Morgan fingerprint density at radius 3 is 2.48 bits per heavy atom. The van der Waals surface area contributed by atoms with Crippen LogP contribution in [0.3, 0.4) is 0 Å². The Hall–Kier alpha value is -3.02. The summed E-state index contributed by atoms with van der Waals surface area (Å²) < 4.78 is 5.59. The summed E-state index contributed by atoms with van der Waals surface area (Å²) in [6.07, 6.45) is -0.919. The highest BCUT2D eigenvalue weighted by Gasteiger charge is 2.23. The SMILES string of the molecule is Cc1ccc(C(=O)[C@@H](C)OC(=O)c2cc(-c3cccs3)nc3c(C)c(Cl)ccc23)cc1. The molecule has 0 unspecified atom stereocenters. The number of nitrogens with zero attached hydrogens (tertiary/aromatic N) is 1. The minimum absolute atomic E-state index is 0.246. The largest absolute Gasteiger partial charge is 0.451 e. The van der Waals surface area contributed by atoms with Crippen LogP contribution < -0.4 is 0 Å². The van der Waals surface area contributed by atoms with Gasteiger partial charge in [-0.2, -0.15) is 0 Å². The molecule has 0 saturated heterocycles. The van der Waals surface area contributed by atoms with Gasteiger partial charge in [-0.15, -0.1) is 11.3 Å². The minimum Gasteiger partial charge on any atom is -0.451 e. The molecular formula is C25H20ClNO3S. The van der Waals surface area contributed by atoms with Crippen LogP contribution in [0.1, 0.15) is 38.8 Å². The van der Waals surface area contributed by atoms with Crippen LogP contribution in [0.5, 0.6) is 0 Å². The minimum atomic E-state index is -0.919. The molecule has 2 aromatic carbocycles. The molecule has 4 nitrogen and oxygen atoms in total. The van der Waals surface area contributed by atoms with Gasteiger partial charge >= 0.3 is 5.97 Å². The number of benzene rings is 2. The van der Waals surface area contributed by atoms with E-state index < -0.39 is 12.1 Å². The summed E-state index contributed by atoms with van der Waals surface area (Å²) >= 11 is 7.83. The molecule has 156 valence electrons. The number of hydrogen-bond donors (Lipinski definition) is 0. The molecule has 0 amide bonds. The molecule has 6 heteroatoms. The van der Waals surface area contributed by atoms with E-state index in [1.165, 1.54) is 11.3 Å². The van der Waals surface area contributed by atoms with Gasteiger partial charge in [0.25, 0.3) is 0 Å². The number of thiophene rings is 1. The lowest BCUT2D eigenvalue weighted by atomic mass is 10.0. The van der Waals surface area contributed by atoms with Gasteiger partial charge in [-0.1, -0.05) is 53.6 Å². The number of aryl methyl sites for hydroxylation is 2. The fraction of sp³-hybridized carbons (Fsp3) is 0.160. The molecule has 1 atom stereocenters. The van der Waals surface area contributed by atoms with Gasteiger partial charge in [0.15, 0.2) is 6.10 Å². The van der Waals surface area contributed by atoms with E-state index in [9.17, 15) is 9.59 Å². The number of carbonyl (C=O) groups is 2. The molecule has 4 aromatic rings. The molecule has 2 heterocycles. The number of Topliss-reactive ketones (excluding diaryl/α,β-unsaturated/α-hetero) is 1. The Labute approximate surface area is 189 Å². The van der Waals surface area contributed by atoms with Crippen molar-refractivity contribution in [1.82, 2.24) is 4.98 Å². The monoisotopic (exact) mass is 449 g/mol. The Balaban J connectivity index is 1.72. The van der Waals surface area contributed by atoms with Crippen LogP contribution in [0.25, 0.3) is 21.5 Å². The number of carbonyl (C=O) groups excluding carboxylic acids is 2. The molecule has 0 aliphatic carbocycles. The van der Waals surface area contributed by atoms with E-state index in [0.717, 1.165) is 16.0 Å². The standard InChI is InChI=1S/C25H20ClNO3S/c1-14-6-8-17(9-7-14)24(28)16(3)30-25(29)19-13-21(22-5-4-12-31-22)27-23-15(2)20(26)11-10-18(19)23/h4-13,16H,1-3H3/t16-/m1/s1. The second kappa shape index (κ2) is 8.61. The quantitative estimate of drug-likeness (QED) is 0.252. The van der Waals surface area contributed by atoms with Gasteiger partial charge in [0.1, 0.15) is 0 Å². The first-order chi connectivity index (χ1) is 14.8. The maximum atomic E-state index is 13.1. The van der Waals surface area contributed by atoms with Crippen molar-refractivity contribution in [2.45, 2.75) is 26.9 Å². The molecule has 0 fully saturated rings. The van der Waals surface area contributed by atoms with E-state index in [1.807, 2.05) is 43.5 Å². The Morgan fingerprint density at radius 2 is 1.81 bits per heavy atom. The molecular weight excluding hydrogens is 430 g/mol. The fourth-order valence-electron chi connectivity index (χ4n) is 3.35. The van der Waals surface area contributed by atoms with Crippen molar-refractivity contribution in [3.8, 4) is 10.6 Å². The van der Waals surface area contributed by atoms with Crippen molar-refractivity contribution >= 4 is 45.6 Å². The summed E-state index contributed by atoms with van der Waals surface area (Å²) in [6.45, 7) is 5.41. The summed E-state index contributed by atoms with van der Waals surface area (Å²) in [7, 11) is 0. The first-order valence-corrected chi connectivity index (χ1v) is 11.1. The normalized spacial score (nSPS) is 12.0. The summed E-state index contributed by atoms with van der Waals surface area (Å²) in [5.74, 6) is -0.815. The van der Waals surface area contributed by atoms with Crippen LogP contribution in [-0.4, -0.2) is 22.8 Å². The third-order valence-corrected chi connectivity index (χ3v) is 6.45. The zero-order valence-electron chi connectivity index (χ0n) is 17.3. The van der Waals surface area contributed by atoms with E-state index >= 15 is 0 Å². The number of aromatic nitrogens is 1. The molecule has 0 radical (unpaired) electrons. The first kappa shape index (κ1) is 21.2. The number of fused-ring (bicyclic) bond motifs is 1. The molecule has 0 aliphatic heterocycles. The number of ketones is 1. The predicted octanol–water partition coefficient (Wildman–Crippen LogP) is 6.66. The molecule has 0 saturated carbocycles. The smallest absolute Gasteiger partial charge is 0.339 e. The summed E-state index contributed by atoms with van der Waals surface area (Å²) in [4.78, 5) is 31.6. The van der Waals surface area contributed by atoms with Crippen molar-refractivity contribution < 1.29 is 14.3 Å². The molecule has 31 heavy (non-hydrogen) atoms. The highest BCUT2D eigenvalue weighted by molar-refractivity contribution is 7.13. The van der Waals surface area contributed by atoms with Crippen molar-refractivity contribution in [2.75, 3.05) is 0 Å². The average Bonchev–Trinajstić information content (AvgIpc) is 3.30. The maximum Gasteiger partial charge on any atom is 0.339 e. The van der Waals surface area contributed by atoms with Gasteiger partial charge in [0.2, 0.25) is 5.78 Å². The van der Waals surface area contributed by atoms with Crippen LogP contribution in [-0.2, 0) is 4.74 Å². The van der Waals surface area contributed by atoms with E-state index in [-0.39, 0.29) is 5.78 Å². The van der Waals surface area contributed by atoms with Crippen LogP contribution in [0.15, 0.2) is 60.0 Å². The number of rotatable bonds is 5. The van der Waals surface area contributed by atoms with E-state index in [2.05, 4.69) is 0 Å². The van der Waals surface area contributed by atoms with Crippen molar-refractivity contribution in [3.05, 3.63) is 87.3 Å². The van der Waals surface area contributed by atoms with E-state index in [4.69, 9.17) is 21.3 Å². The lowest BCUT2D eigenvalue weighted by molar-refractivity contribution is 0.0320. The number of hydrogen-bond acceptors (Lipinski definition) is 5. The highest BCUT2D eigenvalue weighted by Crippen LogP contribution is 2.32. The van der Waals surface area contributed by atoms with Crippen LogP contribution in [0.4, 0.5) is 0 Å². The Kier molecular flexibility index (Phi) is 5.90. The highest BCUT2D eigenvalue weighted by atomic mass is 35.5. The molecule has 0 aliphatic rings. The van der Waals surface area contributed by atoms with Gasteiger partial charge in [-0.05, 0) is 49.9 Å². The lowest BCUT2D eigenvalue weighted by Gasteiger charge is -2.15. The van der Waals surface area contributed by atoms with Crippen molar-refractivity contribution in [1.29, 1.82) is 0 Å². The molecule has 0 N–H and O–H groups in total.